The summed E-state index contributed by atoms with van der Waals surface area (Å²) < 4.78 is 0. The van der Waals surface area contributed by atoms with E-state index in [0.29, 0.717) is 11.5 Å². The molecule has 1 aliphatic rings. The van der Waals surface area contributed by atoms with Crippen molar-refractivity contribution in [2.75, 3.05) is 13.1 Å². The van der Waals surface area contributed by atoms with Crippen LogP contribution < -0.4 is 0 Å². The third-order valence-corrected chi connectivity index (χ3v) is 4.44. The zero-order chi connectivity index (χ0) is 16.2. The summed E-state index contributed by atoms with van der Waals surface area (Å²) in [5, 5.41) is 7.20. The van der Waals surface area contributed by atoms with E-state index in [9.17, 15) is 4.79 Å². The molecule has 0 unspecified atom stereocenters. The molecule has 6 nitrogen and oxygen atoms in total. The molecule has 122 valence electrons. The topological polar surface area (TPSA) is 74.8 Å². The highest BCUT2D eigenvalue weighted by molar-refractivity contribution is 5.93. The van der Waals surface area contributed by atoms with Gasteiger partial charge in [-0.05, 0) is 37.8 Å². The van der Waals surface area contributed by atoms with Crippen LogP contribution in [0.4, 0.5) is 0 Å². The molecular weight excluding hydrogens is 290 g/mol. The average Bonchev–Trinajstić information content (AvgIpc) is 3.03. The molecule has 1 saturated heterocycles. The largest absolute Gasteiger partial charge is 0.339 e. The van der Waals surface area contributed by atoms with Crippen LogP contribution in [-0.4, -0.2) is 44.1 Å². The number of aryl methyl sites for hydroxylation is 2. The van der Waals surface area contributed by atoms with Crippen molar-refractivity contribution in [1.82, 2.24) is 25.1 Å². The van der Waals surface area contributed by atoms with Gasteiger partial charge in [-0.2, -0.15) is 5.10 Å². The van der Waals surface area contributed by atoms with Gasteiger partial charge in [0.15, 0.2) is 0 Å². The summed E-state index contributed by atoms with van der Waals surface area (Å²) in [7, 11) is 0. The van der Waals surface area contributed by atoms with E-state index >= 15 is 0 Å². The van der Waals surface area contributed by atoms with Crippen molar-refractivity contribution in [3.63, 3.8) is 0 Å². The van der Waals surface area contributed by atoms with E-state index in [2.05, 4.69) is 27.1 Å². The minimum absolute atomic E-state index is 0.0869. The molecule has 1 fully saturated rings. The highest BCUT2D eigenvalue weighted by atomic mass is 16.2. The Bertz CT molecular complexity index is 656. The molecule has 0 spiro atoms. The maximum absolute atomic E-state index is 12.5. The maximum Gasteiger partial charge on any atom is 0.255 e. The number of pyridine rings is 1. The van der Waals surface area contributed by atoms with Gasteiger partial charge in [-0.15, -0.1) is 0 Å². The van der Waals surface area contributed by atoms with Crippen LogP contribution in [0.1, 0.15) is 47.5 Å². The summed E-state index contributed by atoms with van der Waals surface area (Å²) in [6.45, 7) is 5.57. The van der Waals surface area contributed by atoms with Gasteiger partial charge in [0.2, 0.25) is 0 Å². The second-order valence-electron chi connectivity index (χ2n) is 6.18. The van der Waals surface area contributed by atoms with Gasteiger partial charge in [0.1, 0.15) is 11.6 Å². The summed E-state index contributed by atoms with van der Waals surface area (Å²) in [6, 6.07) is 3.74. The van der Waals surface area contributed by atoms with E-state index in [1.54, 1.807) is 6.20 Å². The van der Waals surface area contributed by atoms with Gasteiger partial charge in [-0.25, -0.2) is 4.98 Å². The minimum Gasteiger partial charge on any atom is -0.339 e. The Morgan fingerprint density at radius 1 is 1.35 bits per heavy atom. The van der Waals surface area contributed by atoms with Crippen LogP contribution >= 0.6 is 0 Å². The number of nitrogens with one attached hydrogen (secondary N) is 1. The lowest BCUT2D eigenvalue weighted by molar-refractivity contribution is 0.0689. The van der Waals surface area contributed by atoms with Crippen LogP contribution in [0.25, 0.3) is 0 Å². The van der Waals surface area contributed by atoms with E-state index in [4.69, 9.17) is 0 Å². The Hall–Kier alpha value is -2.24. The lowest BCUT2D eigenvalue weighted by atomic mass is 9.93. The van der Waals surface area contributed by atoms with Crippen molar-refractivity contribution in [2.24, 2.45) is 5.92 Å². The van der Waals surface area contributed by atoms with E-state index in [0.717, 1.165) is 56.1 Å². The van der Waals surface area contributed by atoms with Gasteiger partial charge in [-0.3, -0.25) is 14.9 Å². The highest BCUT2D eigenvalue weighted by Gasteiger charge is 2.24. The molecule has 3 heterocycles. The first-order valence-electron chi connectivity index (χ1n) is 8.27. The average molecular weight is 313 g/mol. The number of carbonyl (C=O) groups excluding carboxylic acids is 1. The number of H-pyrrole nitrogens is 1. The van der Waals surface area contributed by atoms with Crippen molar-refractivity contribution in [3.8, 4) is 0 Å². The first kappa shape index (κ1) is 15.6. The van der Waals surface area contributed by atoms with Crippen LogP contribution in [0.2, 0.25) is 0 Å². The fourth-order valence-electron chi connectivity index (χ4n) is 2.97. The highest BCUT2D eigenvalue weighted by Crippen LogP contribution is 2.21. The summed E-state index contributed by atoms with van der Waals surface area (Å²) >= 11 is 0. The summed E-state index contributed by atoms with van der Waals surface area (Å²) in [5.74, 6) is 2.49. The van der Waals surface area contributed by atoms with Crippen LogP contribution in [-0.2, 0) is 12.8 Å². The molecule has 0 aliphatic carbocycles. The molecule has 2 aromatic rings. The van der Waals surface area contributed by atoms with Gasteiger partial charge >= 0.3 is 0 Å². The van der Waals surface area contributed by atoms with Crippen molar-refractivity contribution in [2.45, 2.75) is 39.5 Å². The van der Waals surface area contributed by atoms with Crippen molar-refractivity contribution in [1.29, 1.82) is 0 Å². The van der Waals surface area contributed by atoms with Gasteiger partial charge in [0.25, 0.3) is 5.91 Å². The number of likely N-dealkylation sites (tertiary alicyclic amines) is 1. The molecule has 1 N–H and O–H groups in total. The monoisotopic (exact) mass is 313 g/mol. The zero-order valence-corrected chi connectivity index (χ0v) is 13.7. The Morgan fingerprint density at radius 3 is 2.74 bits per heavy atom. The number of aromatic nitrogens is 4. The number of piperidine rings is 1. The quantitative estimate of drug-likeness (QED) is 0.938. The Kier molecular flexibility index (Phi) is 4.69. The predicted octanol–water partition coefficient (Wildman–Crippen LogP) is 2.17. The van der Waals surface area contributed by atoms with Crippen molar-refractivity contribution >= 4 is 5.91 Å². The van der Waals surface area contributed by atoms with E-state index in [-0.39, 0.29) is 5.91 Å². The van der Waals surface area contributed by atoms with E-state index in [1.807, 2.05) is 24.0 Å². The number of hydrogen-bond acceptors (Lipinski definition) is 4. The lowest BCUT2D eigenvalue weighted by Gasteiger charge is -2.31. The van der Waals surface area contributed by atoms with Gasteiger partial charge in [0.05, 0.1) is 5.56 Å². The Balaban J connectivity index is 1.53. The first-order chi connectivity index (χ1) is 11.2. The lowest BCUT2D eigenvalue weighted by Crippen LogP contribution is -2.39. The molecule has 6 heteroatoms. The second-order valence-corrected chi connectivity index (χ2v) is 6.18. The Morgan fingerprint density at radius 2 is 2.13 bits per heavy atom. The molecule has 0 radical (unpaired) electrons. The SMILES string of the molecule is CCc1n[nH]c(CC2CCN(C(=O)c3ccc(C)nc3)CC2)n1. The van der Waals surface area contributed by atoms with Crippen molar-refractivity contribution < 1.29 is 4.79 Å². The molecule has 0 bridgehead atoms. The molecule has 0 aromatic carbocycles. The fourth-order valence-corrected chi connectivity index (χ4v) is 2.97. The van der Waals surface area contributed by atoms with Gasteiger partial charge < -0.3 is 4.90 Å². The van der Waals surface area contributed by atoms with E-state index in [1.165, 1.54) is 0 Å². The number of rotatable bonds is 4. The number of amides is 1. The molecule has 0 saturated carbocycles. The van der Waals surface area contributed by atoms with Crippen LogP contribution in [0.15, 0.2) is 18.3 Å². The number of carbonyl (C=O) groups is 1. The van der Waals surface area contributed by atoms with Gasteiger partial charge in [-0.1, -0.05) is 6.92 Å². The first-order valence-corrected chi connectivity index (χ1v) is 8.27. The second kappa shape index (κ2) is 6.89. The Labute approximate surface area is 136 Å². The third kappa shape index (κ3) is 3.75. The fraction of sp³-hybridized carbons (Fsp3) is 0.529. The number of aromatic amines is 1. The molecule has 3 rings (SSSR count). The molecule has 1 amide bonds. The van der Waals surface area contributed by atoms with Crippen LogP contribution in [0.5, 0.6) is 0 Å². The molecular formula is C17H23N5O. The van der Waals surface area contributed by atoms with E-state index < -0.39 is 0 Å². The van der Waals surface area contributed by atoms with Gasteiger partial charge in [0, 0.05) is 37.8 Å². The molecule has 0 atom stereocenters. The number of nitrogens with zero attached hydrogens (tertiary/aromatic N) is 4. The van der Waals surface area contributed by atoms with Crippen LogP contribution in [0.3, 0.4) is 0 Å². The third-order valence-electron chi connectivity index (χ3n) is 4.44. The molecule has 23 heavy (non-hydrogen) atoms. The molecule has 1 aliphatic heterocycles. The zero-order valence-electron chi connectivity index (χ0n) is 13.7. The van der Waals surface area contributed by atoms with Crippen molar-refractivity contribution in [3.05, 3.63) is 41.2 Å². The summed E-state index contributed by atoms with van der Waals surface area (Å²) in [5.41, 5.74) is 1.61. The predicted molar refractivity (Wildman–Crippen MR) is 87.1 cm³/mol. The van der Waals surface area contributed by atoms with Crippen LogP contribution in [0, 0.1) is 12.8 Å². The normalized spacial score (nSPS) is 15.8. The standard InChI is InChI=1S/C17H23N5O/c1-3-15-19-16(21-20-15)10-13-6-8-22(9-7-13)17(23)14-5-4-12(2)18-11-14/h4-5,11,13H,3,6-10H2,1-2H3,(H,19,20,21). The summed E-state index contributed by atoms with van der Waals surface area (Å²) in [6.07, 6.45) is 5.46. The summed E-state index contributed by atoms with van der Waals surface area (Å²) in [4.78, 5) is 23.1. The molecule has 2 aromatic heterocycles. The minimum atomic E-state index is 0.0869. The smallest absolute Gasteiger partial charge is 0.255 e. The maximum atomic E-state index is 12.5. The number of hydrogen-bond donors (Lipinski definition) is 1.